The summed E-state index contributed by atoms with van der Waals surface area (Å²) in [6, 6.07) is 7.67. The summed E-state index contributed by atoms with van der Waals surface area (Å²) < 4.78 is 5.91. The molecule has 2 aliphatic rings. The van der Waals surface area contributed by atoms with E-state index >= 15 is 0 Å². The van der Waals surface area contributed by atoms with Crippen LogP contribution in [0.3, 0.4) is 0 Å². The molecule has 5 unspecified atom stereocenters. The number of ether oxygens (including phenoxy) is 1. The molecule has 0 aromatic heterocycles. The van der Waals surface area contributed by atoms with Crippen molar-refractivity contribution in [3.63, 3.8) is 0 Å². The van der Waals surface area contributed by atoms with Crippen molar-refractivity contribution >= 4 is 22.9 Å². The summed E-state index contributed by atoms with van der Waals surface area (Å²) >= 11 is 1.05. The predicted octanol–water partition coefficient (Wildman–Crippen LogP) is 4.70. The number of carbonyl (C=O) groups is 2. The van der Waals surface area contributed by atoms with E-state index in [4.69, 9.17) is 9.84 Å². The van der Waals surface area contributed by atoms with E-state index in [2.05, 4.69) is 26.1 Å². The molecule has 3 N–H and O–H groups in total. The van der Waals surface area contributed by atoms with Crippen LogP contribution in [0, 0.1) is 11.3 Å². The van der Waals surface area contributed by atoms with E-state index in [-0.39, 0.29) is 34.0 Å². The highest BCUT2D eigenvalue weighted by Crippen LogP contribution is 2.36. The number of hydrogen-bond acceptors (Lipinski definition) is 6. The second-order valence-electron chi connectivity index (χ2n) is 9.68. The Morgan fingerprint density at radius 3 is 2.44 bits per heavy atom. The largest absolute Gasteiger partial charge is 0.493 e. The van der Waals surface area contributed by atoms with E-state index in [1.807, 2.05) is 31.2 Å². The van der Waals surface area contributed by atoms with Crippen LogP contribution in [0.5, 0.6) is 5.75 Å². The molecule has 0 bridgehead atoms. The van der Waals surface area contributed by atoms with Crippen LogP contribution in [0.2, 0.25) is 0 Å². The Balaban J connectivity index is 0.000000390. The highest BCUT2D eigenvalue weighted by atomic mass is 32.2. The normalized spacial score (nSPS) is 27.2. The Bertz CT molecular complexity index is 738. The van der Waals surface area contributed by atoms with Gasteiger partial charge in [0, 0.05) is 5.41 Å². The molecule has 5 atom stereocenters. The van der Waals surface area contributed by atoms with Gasteiger partial charge in [0.2, 0.25) is 5.91 Å². The standard InChI is InChI=1S/C18H23NO4S.C7H16O/c1-18(8-2-3-13(20)10-18)11-23-14-6-4-12(5-7-14)9-15-16(21)19-17(22)24-15;1-4-6(2)5-7(3)8/h4-7,13,15,20H,2-3,8-11H2,1H3,(H,19,21,22);6-8H,4-5H2,1-3H3. The number of amides is 2. The van der Waals surface area contributed by atoms with Crippen molar-refractivity contribution in [2.75, 3.05) is 6.61 Å². The van der Waals surface area contributed by atoms with E-state index in [0.717, 1.165) is 55.2 Å². The quantitative estimate of drug-likeness (QED) is 0.515. The molecule has 0 spiro atoms. The third-order valence-electron chi connectivity index (χ3n) is 6.19. The summed E-state index contributed by atoms with van der Waals surface area (Å²) in [5.41, 5.74) is 1.03. The van der Waals surface area contributed by atoms with Crippen molar-refractivity contribution in [2.45, 2.75) is 90.1 Å². The molecule has 1 saturated heterocycles. The summed E-state index contributed by atoms with van der Waals surface area (Å²) in [4.78, 5) is 22.8. The maximum Gasteiger partial charge on any atom is 0.286 e. The Hall–Kier alpha value is -1.57. The second-order valence-corrected chi connectivity index (χ2v) is 10.9. The summed E-state index contributed by atoms with van der Waals surface area (Å²) in [6.45, 7) is 8.90. The second kappa shape index (κ2) is 12.6. The van der Waals surface area contributed by atoms with E-state index in [1.165, 1.54) is 6.42 Å². The number of benzene rings is 1. The number of nitrogens with one attached hydrogen (secondary N) is 1. The fourth-order valence-corrected chi connectivity index (χ4v) is 5.00. The van der Waals surface area contributed by atoms with Gasteiger partial charge in [0.25, 0.3) is 5.24 Å². The minimum Gasteiger partial charge on any atom is -0.493 e. The smallest absolute Gasteiger partial charge is 0.286 e. The lowest BCUT2D eigenvalue weighted by Gasteiger charge is -2.35. The zero-order chi connectivity index (χ0) is 23.7. The Labute approximate surface area is 196 Å². The van der Waals surface area contributed by atoms with Crippen LogP contribution in [0.15, 0.2) is 24.3 Å². The monoisotopic (exact) mass is 465 g/mol. The maximum atomic E-state index is 11.6. The van der Waals surface area contributed by atoms with Gasteiger partial charge in [0.15, 0.2) is 0 Å². The van der Waals surface area contributed by atoms with Crippen molar-refractivity contribution in [1.29, 1.82) is 0 Å². The summed E-state index contributed by atoms with van der Waals surface area (Å²) in [6.07, 6.45) is 6.10. The summed E-state index contributed by atoms with van der Waals surface area (Å²) in [5, 5.41) is 20.4. The van der Waals surface area contributed by atoms with Gasteiger partial charge >= 0.3 is 0 Å². The molecular weight excluding hydrogens is 426 g/mol. The number of aliphatic hydroxyl groups excluding tert-OH is 2. The molecule has 1 heterocycles. The van der Waals surface area contributed by atoms with Crippen molar-refractivity contribution in [2.24, 2.45) is 11.3 Å². The minimum atomic E-state index is -0.341. The molecule has 1 aromatic carbocycles. The van der Waals surface area contributed by atoms with E-state index in [1.54, 1.807) is 0 Å². The topological polar surface area (TPSA) is 95.9 Å². The first-order valence-electron chi connectivity index (χ1n) is 11.7. The number of carbonyl (C=O) groups excluding carboxylic acids is 2. The van der Waals surface area contributed by atoms with Gasteiger partial charge in [-0.15, -0.1) is 0 Å². The number of aliphatic hydroxyl groups is 2. The Morgan fingerprint density at radius 2 is 1.94 bits per heavy atom. The molecule has 1 aliphatic heterocycles. The first kappa shape index (κ1) is 26.7. The first-order valence-corrected chi connectivity index (χ1v) is 12.6. The molecule has 2 fully saturated rings. The number of thioether (sulfide) groups is 1. The average molecular weight is 466 g/mol. The minimum absolute atomic E-state index is 0.0231. The van der Waals surface area contributed by atoms with Gasteiger partial charge in [0.05, 0.1) is 24.1 Å². The predicted molar refractivity (Wildman–Crippen MR) is 129 cm³/mol. The molecule has 0 radical (unpaired) electrons. The average Bonchev–Trinajstić information content (AvgIpc) is 3.04. The van der Waals surface area contributed by atoms with Crippen molar-refractivity contribution in [3.05, 3.63) is 29.8 Å². The summed E-state index contributed by atoms with van der Waals surface area (Å²) in [5.74, 6) is 1.25. The van der Waals surface area contributed by atoms with E-state index < -0.39 is 0 Å². The van der Waals surface area contributed by atoms with Gasteiger partial charge in [-0.25, -0.2) is 0 Å². The molecule has 32 heavy (non-hydrogen) atoms. The molecule has 1 aliphatic carbocycles. The lowest BCUT2D eigenvalue weighted by atomic mass is 9.75. The molecule has 1 aromatic rings. The molecule has 7 heteroatoms. The fourth-order valence-electron chi connectivity index (χ4n) is 4.14. The van der Waals surface area contributed by atoms with Gasteiger partial charge in [0.1, 0.15) is 5.75 Å². The number of rotatable bonds is 8. The third-order valence-corrected chi connectivity index (χ3v) is 7.17. The van der Waals surface area contributed by atoms with Crippen molar-refractivity contribution in [1.82, 2.24) is 5.32 Å². The molecule has 1 saturated carbocycles. The van der Waals surface area contributed by atoms with Crippen LogP contribution in [-0.4, -0.2) is 45.4 Å². The van der Waals surface area contributed by atoms with Crippen LogP contribution >= 0.6 is 11.8 Å². The van der Waals surface area contributed by atoms with E-state index in [9.17, 15) is 14.7 Å². The number of hydrogen-bond donors (Lipinski definition) is 3. The molecule has 3 rings (SSSR count). The SMILES string of the molecule is CC1(COc2ccc(CC3SC(=O)NC3=O)cc2)CCCC(O)C1.CCC(C)CC(C)O. The van der Waals surface area contributed by atoms with Crippen LogP contribution in [-0.2, 0) is 11.2 Å². The molecular formula is C25H39NO5S. The van der Waals surface area contributed by atoms with Gasteiger partial charge in [-0.1, -0.05) is 57.5 Å². The maximum absolute atomic E-state index is 11.6. The van der Waals surface area contributed by atoms with Crippen molar-refractivity contribution in [3.8, 4) is 5.75 Å². The van der Waals surface area contributed by atoms with Gasteiger partial charge in [-0.2, -0.15) is 0 Å². The van der Waals surface area contributed by atoms with Crippen LogP contribution in [0.4, 0.5) is 4.79 Å². The number of imide groups is 1. The Morgan fingerprint density at radius 1 is 1.25 bits per heavy atom. The first-order chi connectivity index (χ1) is 15.1. The van der Waals surface area contributed by atoms with Crippen LogP contribution < -0.4 is 10.1 Å². The van der Waals surface area contributed by atoms with E-state index in [0.29, 0.717) is 18.9 Å². The van der Waals surface area contributed by atoms with Crippen LogP contribution in [0.1, 0.15) is 71.8 Å². The van der Waals surface area contributed by atoms with Crippen LogP contribution in [0.25, 0.3) is 0 Å². The van der Waals surface area contributed by atoms with Gasteiger partial charge < -0.3 is 14.9 Å². The fraction of sp³-hybridized carbons (Fsp3) is 0.680. The third kappa shape index (κ3) is 9.12. The molecule has 6 nitrogen and oxygen atoms in total. The van der Waals surface area contributed by atoms with Gasteiger partial charge in [-0.3, -0.25) is 14.9 Å². The highest BCUT2D eigenvalue weighted by Gasteiger charge is 2.33. The highest BCUT2D eigenvalue weighted by molar-refractivity contribution is 8.15. The van der Waals surface area contributed by atoms with Gasteiger partial charge in [-0.05, 0) is 62.6 Å². The molecule has 2 amide bonds. The zero-order valence-electron chi connectivity index (χ0n) is 19.8. The lowest BCUT2D eigenvalue weighted by Crippen LogP contribution is -2.33. The zero-order valence-corrected chi connectivity index (χ0v) is 20.6. The van der Waals surface area contributed by atoms with Crippen molar-refractivity contribution < 1.29 is 24.5 Å². The Kier molecular flexibility index (Phi) is 10.5. The summed E-state index contributed by atoms with van der Waals surface area (Å²) in [7, 11) is 0. The molecule has 180 valence electrons. The lowest BCUT2D eigenvalue weighted by molar-refractivity contribution is -0.118.